The molecule has 0 spiro atoms. The highest BCUT2D eigenvalue weighted by molar-refractivity contribution is 5.92. The Labute approximate surface area is 152 Å². The Hall–Kier alpha value is -3.26. The molecule has 1 aliphatic heterocycles. The smallest absolute Gasteiger partial charge is 0.303 e. The summed E-state index contributed by atoms with van der Waals surface area (Å²) in [5.74, 6) is -1.23. The van der Waals surface area contributed by atoms with E-state index in [1.807, 2.05) is 6.07 Å². The van der Waals surface area contributed by atoms with Gasteiger partial charge >= 0.3 is 11.9 Å². The van der Waals surface area contributed by atoms with E-state index in [1.54, 1.807) is 0 Å². The zero-order chi connectivity index (χ0) is 19.7. The fourth-order valence-electron chi connectivity index (χ4n) is 2.97. The van der Waals surface area contributed by atoms with Crippen LogP contribution in [0.5, 0.6) is 0 Å². The molecule has 0 bridgehead atoms. The summed E-state index contributed by atoms with van der Waals surface area (Å²) in [5.41, 5.74) is 6.14. The molecule has 27 heavy (non-hydrogen) atoms. The molecule has 2 aromatic heterocycles. The van der Waals surface area contributed by atoms with Crippen LogP contribution in [0.4, 0.5) is 10.2 Å². The number of hydrogen-bond acceptors (Lipinski definition) is 9. The van der Waals surface area contributed by atoms with Gasteiger partial charge < -0.3 is 24.5 Å². The maximum absolute atomic E-state index is 15.1. The topological polar surface area (TPSA) is 142 Å². The fourth-order valence-corrected chi connectivity index (χ4v) is 2.97. The van der Waals surface area contributed by atoms with E-state index in [9.17, 15) is 14.9 Å². The quantitative estimate of drug-likeness (QED) is 0.758. The lowest BCUT2D eigenvalue weighted by atomic mass is 10.1. The average Bonchev–Trinajstić information content (AvgIpc) is 3.12. The van der Waals surface area contributed by atoms with Crippen LogP contribution >= 0.6 is 0 Å². The van der Waals surface area contributed by atoms with E-state index < -0.39 is 36.5 Å². The van der Waals surface area contributed by atoms with Gasteiger partial charge in [0.2, 0.25) is 0 Å². The molecule has 0 unspecified atom stereocenters. The molecule has 0 aliphatic carbocycles. The first-order valence-corrected chi connectivity index (χ1v) is 7.94. The highest BCUT2D eigenvalue weighted by Gasteiger charge is 2.49. The van der Waals surface area contributed by atoms with Crippen molar-refractivity contribution in [3.8, 4) is 6.07 Å². The minimum absolute atomic E-state index is 0.0664. The first-order chi connectivity index (χ1) is 12.8. The number of carbonyl (C=O) groups excluding carboxylic acids is 2. The largest absolute Gasteiger partial charge is 0.463 e. The van der Waals surface area contributed by atoms with Crippen molar-refractivity contribution in [1.29, 1.82) is 5.26 Å². The van der Waals surface area contributed by atoms with Crippen molar-refractivity contribution in [2.24, 2.45) is 0 Å². The number of nitrogens with two attached hydrogens (primary N) is 1. The number of carbonyl (C=O) groups is 2. The van der Waals surface area contributed by atoms with E-state index in [0.29, 0.717) is 0 Å². The summed E-state index contributed by atoms with van der Waals surface area (Å²) in [7, 11) is 0. The van der Waals surface area contributed by atoms with Crippen LogP contribution in [-0.2, 0) is 23.8 Å². The third kappa shape index (κ3) is 3.39. The van der Waals surface area contributed by atoms with Crippen LogP contribution in [0.2, 0.25) is 0 Å². The van der Waals surface area contributed by atoms with Crippen molar-refractivity contribution in [3.63, 3.8) is 0 Å². The molecule has 3 rings (SSSR count). The molecule has 2 N–H and O–H groups in total. The van der Waals surface area contributed by atoms with E-state index in [0.717, 1.165) is 6.92 Å². The van der Waals surface area contributed by atoms with E-state index in [1.165, 1.54) is 24.0 Å². The lowest BCUT2D eigenvalue weighted by Gasteiger charge is -2.18. The van der Waals surface area contributed by atoms with E-state index in [-0.39, 0.29) is 29.0 Å². The number of nitriles is 1. The Morgan fingerprint density at radius 2 is 2.15 bits per heavy atom. The molecule has 1 saturated heterocycles. The number of alkyl halides is 1. The average molecular weight is 377 g/mol. The number of anilines is 1. The van der Waals surface area contributed by atoms with Crippen molar-refractivity contribution in [2.45, 2.75) is 38.5 Å². The number of hydrogen-bond donors (Lipinski definition) is 1. The van der Waals surface area contributed by atoms with Crippen LogP contribution in [0.25, 0.3) is 11.0 Å². The van der Waals surface area contributed by atoms with Crippen molar-refractivity contribution < 1.29 is 28.2 Å². The summed E-state index contributed by atoms with van der Waals surface area (Å²) in [4.78, 5) is 30.3. The summed E-state index contributed by atoms with van der Waals surface area (Å²) in [6, 6.07) is 1.95. The van der Waals surface area contributed by atoms with Gasteiger partial charge in [-0.3, -0.25) is 9.59 Å². The van der Waals surface area contributed by atoms with Gasteiger partial charge in [-0.15, -0.1) is 0 Å². The molecule has 4 atom stereocenters. The first kappa shape index (κ1) is 18.5. The summed E-state index contributed by atoms with van der Waals surface area (Å²) in [6.07, 6.45) is -2.88. The lowest BCUT2D eigenvalue weighted by molar-refractivity contribution is -0.156. The van der Waals surface area contributed by atoms with E-state index >= 15 is 4.39 Å². The molecule has 142 valence electrons. The van der Waals surface area contributed by atoms with E-state index in [4.69, 9.17) is 19.9 Å². The first-order valence-electron chi connectivity index (χ1n) is 7.94. The Kier molecular flexibility index (Phi) is 4.91. The standard InChI is InChI=1S/C16H16FN5O5/c1-7(23)25-5-10-13(26-8(2)24)12(17)16(27-10)22-4-9(3-18)11-14(19)20-6-21-15(11)22/h4,6,10,12-13,16H,5H2,1-2H3,(H2,19,20,21)/t10-,12+,13-,16-/m1/s1. The molecule has 2 aromatic rings. The van der Waals surface area contributed by atoms with Crippen LogP contribution in [0.1, 0.15) is 25.6 Å². The molecule has 0 amide bonds. The lowest BCUT2D eigenvalue weighted by Crippen LogP contribution is -2.36. The monoisotopic (exact) mass is 377 g/mol. The number of nitrogen functional groups attached to an aromatic ring is 1. The molecular formula is C16H16FN5O5. The molecular weight excluding hydrogens is 361 g/mol. The van der Waals surface area contributed by atoms with Crippen LogP contribution < -0.4 is 5.73 Å². The zero-order valence-electron chi connectivity index (χ0n) is 14.5. The number of nitrogens with zero attached hydrogens (tertiary/aromatic N) is 4. The summed E-state index contributed by atoms with van der Waals surface area (Å²) in [6.45, 7) is 2.03. The maximum Gasteiger partial charge on any atom is 0.303 e. The zero-order valence-corrected chi connectivity index (χ0v) is 14.5. The van der Waals surface area contributed by atoms with Crippen molar-refractivity contribution in [1.82, 2.24) is 14.5 Å². The molecule has 3 heterocycles. The molecule has 0 radical (unpaired) electrons. The van der Waals surface area contributed by atoms with Gasteiger partial charge in [0.05, 0.1) is 10.9 Å². The second kappa shape index (κ2) is 7.16. The van der Waals surface area contributed by atoms with Gasteiger partial charge in [0.25, 0.3) is 0 Å². The number of esters is 2. The molecule has 0 aromatic carbocycles. The van der Waals surface area contributed by atoms with E-state index in [2.05, 4.69) is 9.97 Å². The third-order valence-corrected chi connectivity index (χ3v) is 4.05. The second-order valence-electron chi connectivity index (χ2n) is 5.91. The molecule has 0 saturated carbocycles. The normalized spacial score (nSPS) is 24.5. The fraction of sp³-hybridized carbons (Fsp3) is 0.438. The predicted molar refractivity (Wildman–Crippen MR) is 87.6 cm³/mol. The van der Waals surface area contributed by atoms with Crippen LogP contribution in [-0.4, -0.2) is 51.5 Å². The van der Waals surface area contributed by atoms with Gasteiger partial charge in [-0.25, -0.2) is 14.4 Å². The molecule has 10 nitrogen and oxygen atoms in total. The number of rotatable bonds is 4. The van der Waals surface area contributed by atoms with Crippen LogP contribution in [0, 0.1) is 11.3 Å². The van der Waals surface area contributed by atoms with Gasteiger partial charge in [-0.05, 0) is 0 Å². The van der Waals surface area contributed by atoms with Crippen LogP contribution in [0.15, 0.2) is 12.5 Å². The maximum atomic E-state index is 15.1. The molecule has 1 fully saturated rings. The highest BCUT2D eigenvalue weighted by Crippen LogP contribution is 2.37. The number of aromatic nitrogens is 3. The second-order valence-corrected chi connectivity index (χ2v) is 5.91. The highest BCUT2D eigenvalue weighted by atomic mass is 19.1. The molecule has 1 aliphatic rings. The van der Waals surface area contributed by atoms with Crippen molar-refractivity contribution in [2.75, 3.05) is 12.3 Å². The minimum atomic E-state index is -1.80. The summed E-state index contributed by atoms with van der Waals surface area (Å²) < 4.78 is 31.9. The molecule has 11 heteroatoms. The third-order valence-electron chi connectivity index (χ3n) is 4.05. The number of ether oxygens (including phenoxy) is 3. The van der Waals surface area contributed by atoms with Crippen molar-refractivity contribution in [3.05, 3.63) is 18.1 Å². The Morgan fingerprint density at radius 3 is 2.78 bits per heavy atom. The van der Waals surface area contributed by atoms with Gasteiger partial charge in [-0.1, -0.05) is 0 Å². The van der Waals surface area contributed by atoms with Gasteiger partial charge in [-0.2, -0.15) is 5.26 Å². The summed E-state index contributed by atoms with van der Waals surface area (Å²) in [5, 5.41) is 9.58. The van der Waals surface area contributed by atoms with Gasteiger partial charge in [0.1, 0.15) is 36.6 Å². The van der Waals surface area contributed by atoms with Gasteiger partial charge in [0, 0.05) is 20.0 Å². The Balaban J connectivity index is 2.00. The number of fused-ring (bicyclic) bond motifs is 1. The Morgan fingerprint density at radius 1 is 1.41 bits per heavy atom. The SMILES string of the molecule is CC(=O)OC[C@H]1O[C@@H](n2cc(C#N)c3c(N)ncnc32)[C@@H](F)[C@@H]1OC(C)=O. The van der Waals surface area contributed by atoms with Gasteiger partial charge in [0.15, 0.2) is 18.5 Å². The van der Waals surface area contributed by atoms with Crippen LogP contribution in [0.3, 0.4) is 0 Å². The van der Waals surface area contributed by atoms with Crippen molar-refractivity contribution >= 4 is 28.8 Å². The Bertz CT molecular complexity index is 939. The minimum Gasteiger partial charge on any atom is -0.463 e. The number of halogens is 1. The summed E-state index contributed by atoms with van der Waals surface area (Å²) >= 11 is 0. The predicted octanol–water partition coefficient (Wildman–Crippen LogP) is 0.615.